The molecule has 0 saturated heterocycles. The van der Waals surface area contributed by atoms with Gasteiger partial charge in [-0.2, -0.15) is 0 Å². The van der Waals surface area contributed by atoms with E-state index in [1.807, 2.05) is 6.92 Å². The first-order chi connectivity index (χ1) is 7.67. The molecule has 0 aliphatic carbocycles. The third-order valence-corrected chi connectivity index (χ3v) is 2.35. The molecule has 0 spiro atoms. The van der Waals surface area contributed by atoms with Crippen LogP contribution in [0.3, 0.4) is 0 Å². The van der Waals surface area contributed by atoms with Crippen LogP contribution in [0.5, 0.6) is 5.19 Å². The number of carbonyl (C=O) groups excluding carboxylic acids is 1. The summed E-state index contributed by atoms with van der Waals surface area (Å²) < 4.78 is 15.1. The third-order valence-electron chi connectivity index (χ3n) is 1.56. The van der Waals surface area contributed by atoms with Crippen molar-refractivity contribution in [3.63, 3.8) is 0 Å². The van der Waals surface area contributed by atoms with Gasteiger partial charge in [0.1, 0.15) is 6.10 Å². The minimum Gasteiger partial charge on any atom is -0.463 e. The number of aromatic nitrogens is 2. The Labute approximate surface area is 97.5 Å². The van der Waals surface area contributed by atoms with Crippen LogP contribution in [0.4, 0.5) is 0 Å². The molecule has 1 unspecified atom stereocenters. The monoisotopic (exact) mass is 246 g/mol. The van der Waals surface area contributed by atoms with Crippen molar-refractivity contribution in [2.24, 2.45) is 0 Å². The van der Waals surface area contributed by atoms with Crippen molar-refractivity contribution in [1.29, 1.82) is 0 Å². The summed E-state index contributed by atoms with van der Waals surface area (Å²) in [5.41, 5.74) is 0. The van der Waals surface area contributed by atoms with E-state index in [1.165, 1.54) is 0 Å². The van der Waals surface area contributed by atoms with Gasteiger partial charge in [-0.3, -0.25) is 0 Å². The van der Waals surface area contributed by atoms with Gasteiger partial charge in [-0.25, -0.2) is 4.79 Å². The van der Waals surface area contributed by atoms with E-state index in [4.69, 9.17) is 14.2 Å². The lowest BCUT2D eigenvalue weighted by Gasteiger charge is -2.09. The zero-order chi connectivity index (χ0) is 12.0. The Kier molecular flexibility index (Phi) is 5.13. The first-order valence-corrected chi connectivity index (χ1v) is 5.65. The van der Waals surface area contributed by atoms with E-state index in [-0.39, 0.29) is 11.1 Å². The van der Waals surface area contributed by atoms with Crippen molar-refractivity contribution in [3.05, 3.63) is 5.01 Å². The van der Waals surface area contributed by atoms with E-state index in [0.717, 1.165) is 11.3 Å². The summed E-state index contributed by atoms with van der Waals surface area (Å²) >= 11 is 1.06. The largest absolute Gasteiger partial charge is 0.463 e. The number of nitrogens with zero attached hydrogens (tertiary/aromatic N) is 2. The van der Waals surface area contributed by atoms with E-state index >= 15 is 0 Å². The highest BCUT2D eigenvalue weighted by Crippen LogP contribution is 2.19. The molecule has 1 heterocycles. The van der Waals surface area contributed by atoms with Crippen molar-refractivity contribution >= 4 is 17.3 Å². The average molecular weight is 246 g/mol. The molecule has 1 atom stereocenters. The smallest absolute Gasteiger partial charge is 0.369 e. The molecule has 0 radical (unpaired) electrons. The van der Waals surface area contributed by atoms with E-state index in [2.05, 4.69) is 10.2 Å². The number of hydrogen-bond donors (Lipinski definition) is 0. The van der Waals surface area contributed by atoms with Crippen LogP contribution < -0.4 is 4.74 Å². The average Bonchev–Trinajstić information content (AvgIpc) is 2.67. The minimum atomic E-state index is -0.478. The highest BCUT2D eigenvalue weighted by Gasteiger charge is 2.15. The lowest BCUT2D eigenvalue weighted by Crippen LogP contribution is -2.17. The molecule has 0 aromatic carbocycles. The predicted molar refractivity (Wildman–Crippen MR) is 57.8 cm³/mol. The Bertz CT molecular complexity index is 342. The van der Waals surface area contributed by atoms with Crippen LogP contribution in [-0.2, 0) is 9.47 Å². The lowest BCUT2D eigenvalue weighted by molar-refractivity contribution is 0.0525. The number of ether oxygens (including phenoxy) is 3. The molecule has 7 heteroatoms. The highest BCUT2D eigenvalue weighted by molar-refractivity contribution is 7.14. The van der Waals surface area contributed by atoms with Gasteiger partial charge in [-0.15, -0.1) is 5.10 Å². The van der Waals surface area contributed by atoms with Crippen LogP contribution in [-0.4, -0.2) is 42.6 Å². The maximum atomic E-state index is 11.3. The first-order valence-electron chi connectivity index (χ1n) is 4.83. The van der Waals surface area contributed by atoms with Gasteiger partial charge in [0.05, 0.1) is 13.2 Å². The molecule has 1 rings (SSSR count). The van der Waals surface area contributed by atoms with Crippen LogP contribution in [0.2, 0.25) is 0 Å². The van der Waals surface area contributed by atoms with Crippen LogP contribution in [0, 0.1) is 0 Å². The number of esters is 1. The van der Waals surface area contributed by atoms with E-state index in [1.54, 1.807) is 14.0 Å². The Morgan fingerprint density at radius 2 is 2.25 bits per heavy atom. The molecule has 0 fully saturated rings. The number of carbonyl (C=O) groups is 1. The van der Waals surface area contributed by atoms with E-state index < -0.39 is 5.97 Å². The van der Waals surface area contributed by atoms with Gasteiger partial charge in [0, 0.05) is 7.11 Å². The molecular weight excluding hydrogens is 232 g/mol. The molecule has 0 amide bonds. The minimum absolute atomic E-state index is 0.131. The predicted octanol–water partition coefficient (Wildman–Crippen LogP) is 1.13. The fraction of sp³-hybridized carbons (Fsp3) is 0.667. The molecule has 0 N–H and O–H groups in total. The Hall–Kier alpha value is -1.21. The molecule has 6 nitrogen and oxygen atoms in total. The zero-order valence-electron chi connectivity index (χ0n) is 9.43. The summed E-state index contributed by atoms with van der Waals surface area (Å²) in [6, 6.07) is 0. The molecule has 0 bridgehead atoms. The SMILES string of the molecule is CCOC(=O)c1nnc(OC(C)COC)s1. The second-order valence-electron chi connectivity index (χ2n) is 2.98. The summed E-state index contributed by atoms with van der Waals surface area (Å²) in [6.07, 6.45) is -0.131. The van der Waals surface area contributed by atoms with Crippen molar-refractivity contribution in [3.8, 4) is 5.19 Å². The fourth-order valence-corrected chi connectivity index (χ4v) is 1.66. The van der Waals surface area contributed by atoms with E-state index in [0.29, 0.717) is 18.4 Å². The van der Waals surface area contributed by atoms with Crippen LogP contribution >= 0.6 is 11.3 Å². The maximum Gasteiger partial charge on any atom is 0.369 e. The normalized spacial score (nSPS) is 12.2. The van der Waals surface area contributed by atoms with Gasteiger partial charge >= 0.3 is 5.97 Å². The van der Waals surface area contributed by atoms with Crippen molar-refractivity contribution in [2.45, 2.75) is 20.0 Å². The summed E-state index contributed by atoms with van der Waals surface area (Å²) in [6.45, 7) is 4.34. The summed E-state index contributed by atoms with van der Waals surface area (Å²) in [7, 11) is 1.59. The molecule has 0 aliphatic heterocycles. The quantitative estimate of drug-likeness (QED) is 0.701. The molecule has 1 aromatic rings. The lowest BCUT2D eigenvalue weighted by atomic mass is 10.4. The summed E-state index contributed by atoms with van der Waals surface area (Å²) in [4.78, 5) is 11.3. The van der Waals surface area contributed by atoms with Gasteiger partial charge in [-0.1, -0.05) is 5.10 Å². The topological polar surface area (TPSA) is 70.5 Å². The zero-order valence-corrected chi connectivity index (χ0v) is 10.2. The second kappa shape index (κ2) is 6.39. The second-order valence-corrected chi connectivity index (χ2v) is 3.92. The third kappa shape index (κ3) is 3.74. The first kappa shape index (κ1) is 12.9. The summed E-state index contributed by atoms with van der Waals surface area (Å²) in [5, 5.41) is 7.94. The Morgan fingerprint density at radius 1 is 1.50 bits per heavy atom. The van der Waals surface area contributed by atoms with E-state index in [9.17, 15) is 4.79 Å². The standard InChI is InChI=1S/C9H14N2O4S/c1-4-14-8(12)7-10-11-9(16-7)15-6(2)5-13-3/h6H,4-5H2,1-3H3. The van der Waals surface area contributed by atoms with Crippen LogP contribution in [0.15, 0.2) is 0 Å². The molecule has 16 heavy (non-hydrogen) atoms. The fourth-order valence-electron chi connectivity index (χ4n) is 0.974. The van der Waals surface area contributed by atoms with Gasteiger partial charge in [-0.05, 0) is 25.2 Å². The summed E-state index contributed by atoms with van der Waals surface area (Å²) in [5.74, 6) is -0.478. The molecule has 90 valence electrons. The Morgan fingerprint density at radius 3 is 2.88 bits per heavy atom. The van der Waals surface area contributed by atoms with Gasteiger partial charge < -0.3 is 14.2 Å². The Balaban J connectivity index is 2.54. The number of hydrogen-bond acceptors (Lipinski definition) is 7. The van der Waals surface area contributed by atoms with Crippen LogP contribution in [0.1, 0.15) is 23.6 Å². The molecule has 0 aliphatic rings. The van der Waals surface area contributed by atoms with Gasteiger partial charge in [0.2, 0.25) is 5.01 Å². The van der Waals surface area contributed by atoms with Crippen molar-refractivity contribution < 1.29 is 19.0 Å². The highest BCUT2D eigenvalue weighted by atomic mass is 32.1. The number of methoxy groups -OCH3 is 1. The maximum absolute atomic E-state index is 11.3. The molecule has 0 saturated carbocycles. The van der Waals surface area contributed by atoms with Gasteiger partial charge in [0.15, 0.2) is 0 Å². The van der Waals surface area contributed by atoms with Gasteiger partial charge in [0.25, 0.3) is 5.19 Å². The van der Waals surface area contributed by atoms with Crippen LogP contribution in [0.25, 0.3) is 0 Å². The molecular formula is C9H14N2O4S. The van der Waals surface area contributed by atoms with Crippen molar-refractivity contribution in [2.75, 3.05) is 20.3 Å². The van der Waals surface area contributed by atoms with Crippen molar-refractivity contribution in [1.82, 2.24) is 10.2 Å². The number of rotatable bonds is 6. The molecule has 1 aromatic heterocycles.